The van der Waals surface area contributed by atoms with Crippen molar-refractivity contribution in [2.45, 2.75) is 19.8 Å². The van der Waals surface area contributed by atoms with Crippen LogP contribution in [0, 0.1) is 6.92 Å². The number of hydrogen-bond donors (Lipinski definition) is 3. The first-order chi connectivity index (χ1) is 19.5. The second-order valence-electron chi connectivity index (χ2n) is 9.95. The van der Waals surface area contributed by atoms with E-state index in [4.69, 9.17) is 4.42 Å². The van der Waals surface area contributed by atoms with Crippen LogP contribution in [0.5, 0.6) is 5.75 Å². The summed E-state index contributed by atoms with van der Waals surface area (Å²) in [5.74, 6) is -0.131. The molecule has 1 saturated heterocycles. The van der Waals surface area contributed by atoms with Gasteiger partial charge < -0.3 is 30.0 Å². The van der Waals surface area contributed by atoms with Crippen LogP contribution in [-0.4, -0.2) is 49.6 Å². The molecule has 2 amide bonds. The van der Waals surface area contributed by atoms with Crippen molar-refractivity contribution in [3.63, 3.8) is 0 Å². The predicted octanol–water partition coefficient (Wildman–Crippen LogP) is 5.24. The van der Waals surface area contributed by atoms with Crippen LogP contribution in [-0.2, 0) is 6.42 Å². The Morgan fingerprint density at radius 2 is 1.62 bits per heavy atom. The molecule has 0 spiro atoms. The maximum atomic E-state index is 13.0. The van der Waals surface area contributed by atoms with Crippen LogP contribution < -0.4 is 20.4 Å². The number of nitrogens with zero attached hydrogens (tertiary/aromatic N) is 2. The molecule has 1 aliphatic rings. The molecule has 0 bridgehead atoms. The number of para-hydroxylation sites is 1. The Morgan fingerprint density at radius 1 is 0.850 bits per heavy atom. The molecule has 40 heavy (non-hydrogen) atoms. The van der Waals surface area contributed by atoms with E-state index in [1.54, 1.807) is 36.4 Å². The van der Waals surface area contributed by atoms with Gasteiger partial charge in [-0.25, -0.2) is 0 Å². The fourth-order valence-electron chi connectivity index (χ4n) is 5.06. The van der Waals surface area contributed by atoms with Crippen LogP contribution in [0.15, 0.2) is 89.5 Å². The van der Waals surface area contributed by atoms with E-state index >= 15 is 0 Å². The summed E-state index contributed by atoms with van der Waals surface area (Å²) in [4.78, 5) is 30.5. The normalized spacial score (nSPS) is 13.2. The zero-order valence-corrected chi connectivity index (χ0v) is 22.6. The average Bonchev–Trinajstić information content (AvgIpc) is 3.51. The van der Waals surface area contributed by atoms with Crippen LogP contribution in [0.1, 0.15) is 38.5 Å². The van der Waals surface area contributed by atoms with Gasteiger partial charge in [0.1, 0.15) is 5.75 Å². The van der Waals surface area contributed by atoms with Crippen molar-refractivity contribution in [1.82, 2.24) is 5.32 Å². The fraction of sp³-hybridized carbons (Fsp3) is 0.250. The summed E-state index contributed by atoms with van der Waals surface area (Å²) < 4.78 is 5.29. The number of aryl methyl sites for hydroxylation is 2. The average molecular weight is 539 g/mol. The number of amides is 2. The van der Waals surface area contributed by atoms with Gasteiger partial charge in [0.05, 0.1) is 17.6 Å². The molecular formula is C32H34N4O4. The number of phenols is 1. The van der Waals surface area contributed by atoms with Crippen molar-refractivity contribution in [1.29, 1.82) is 0 Å². The second kappa shape index (κ2) is 12.4. The molecule has 5 rings (SSSR count). The smallest absolute Gasteiger partial charge is 0.291 e. The zero-order valence-electron chi connectivity index (χ0n) is 22.6. The minimum Gasteiger partial charge on any atom is -0.508 e. The molecular weight excluding hydrogens is 504 g/mol. The topological polar surface area (TPSA) is 98.0 Å². The quantitative estimate of drug-likeness (QED) is 0.252. The number of phenolic OH excluding ortho intramolecular Hbond substituents is 1. The number of furan rings is 1. The number of rotatable bonds is 9. The summed E-state index contributed by atoms with van der Waals surface area (Å²) in [5.41, 5.74) is 5.41. The summed E-state index contributed by atoms with van der Waals surface area (Å²) in [5, 5.41) is 15.6. The molecule has 0 unspecified atom stereocenters. The molecule has 4 aromatic rings. The number of piperazine rings is 1. The Hall–Kier alpha value is -4.72. The highest BCUT2D eigenvalue weighted by Gasteiger charge is 2.23. The first-order valence-corrected chi connectivity index (χ1v) is 13.6. The van der Waals surface area contributed by atoms with Gasteiger partial charge in [0, 0.05) is 44.0 Å². The Morgan fingerprint density at radius 3 is 2.35 bits per heavy atom. The molecule has 0 aliphatic carbocycles. The molecule has 8 nitrogen and oxygen atoms in total. The molecule has 0 atom stereocenters. The van der Waals surface area contributed by atoms with Crippen LogP contribution in [0.25, 0.3) is 0 Å². The third kappa shape index (κ3) is 6.46. The van der Waals surface area contributed by atoms with Gasteiger partial charge in [0.25, 0.3) is 11.8 Å². The standard InChI is InChI=1S/C32H34N4O4/c1-23-7-2-3-11-28(23)35-16-18-36(19-17-35)29-14-13-25(22-27(29)34-32(39)30-12-6-20-40-30)31(38)33-15-5-9-24-8-4-10-26(37)21-24/h2-4,6-8,10-14,20-22,37H,5,9,15-19H2,1H3,(H,33,38)(H,34,39). The number of anilines is 3. The summed E-state index contributed by atoms with van der Waals surface area (Å²) in [7, 11) is 0. The van der Waals surface area contributed by atoms with Gasteiger partial charge in [-0.2, -0.15) is 0 Å². The lowest BCUT2D eigenvalue weighted by atomic mass is 10.1. The molecule has 3 N–H and O–H groups in total. The number of hydrogen-bond acceptors (Lipinski definition) is 6. The predicted molar refractivity (Wildman–Crippen MR) is 157 cm³/mol. The van der Waals surface area contributed by atoms with E-state index in [-0.39, 0.29) is 23.3 Å². The molecule has 3 aromatic carbocycles. The molecule has 0 radical (unpaired) electrons. The molecule has 1 aliphatic heterocycles. The van der Waals surface area contributed by atoms with Crippen molar-refractivity contribution < 1.29 is 19.1 Å². The number of nitrogens with one attached hydrogen (secondary N) is 2. The SMILES string of the molecule is Cc1ccccc1N1CCN(c2ccc(C(=O)NCCCc3cccc(O)c3)cc2NC(=O)c2ccco2)CC1. The second-order valence-corrected chi connectivity index (χ2v) is 9.95. The number of carbonyl (C=O) groups is 2. The molecule has 2 heterocycles. The summed E-state index contributed by atoms with van der Waals surface area (Å²) in [6.45, 7) is 5.86. The van der Waals surface area contributed by atoms with E-state index < -0.39 is 0 Å². The maximum Gasteiger partial charge on any atom is 0.291 e. The van der Waals surface area contributed by atoms with E-state index in [0.29, 0.717) is 17.8 Å². The Balaban J connectivity index is 1.27. The van der Waals surface area contributed by atoms with Crippen molar-refractivity contribution >= 4 is 28.9 Å². The van der Waals surface area contributed by atoms with Gasteiger partial charge in [-0.15, -0.1) is 0 Å². The van der Waals surface area contributed by atoms with Crippen LogP contribution in [0.4, 0.5) is 17.1 Å². The highest BCUT2D eigenvalue weighted by atomic mass is 16.3. The van der Waals surface area contributed by atoms with E-state index in [9.17, 15) is 14.7 Å². The third-order valence-electron chi connectivity index (χ3n) is 7.17. The maximum absolute atomic E-state index is 13.0. The van der Waals surface area contributed by atoms with Gasteiger partial charge >= 0.3 is 0 Å². The minimum absolute atomic E-state index is 0.206. The molecule has 1 fully saturated rings. The van der Waals surface area contributed by atoms with Crippen LogP contribution >= 0.6 is 0 Å². The van der Waals surface area contributed by atoms with E-state index in [2.05, 4.69) is 51.6 Å². The lowest BCUT2D eigenvalue weighted by molar-refractivity contribution is 0.0951. The minimum atomic E-state index is -0.367. The monoisotopic (exact) mass is 538 g/mol. The van der Waals surface area contributed by atoms with Crippen molar-refractivity contribution in [3.05, 3.63) is 108 Å². The number of aromatic hydroxyl groups is 1. The van der Waals surface area contributed by atoms with Gasteiger partial charge in [0.2, 0.25) is 0 Å². The first-order valence-electron chi connectivity index (χ1n) is 13.6. The highest BCUT2D eigenvalue weighted by Crippen LogP contribution is 2.30. The summed E-state index contributed by atoms with van der Waals surface area (Å²) in [6, 6.07) is 24.2. The zero-order chi connectivity index (χ0) is 27.9. The van der Waals surface area contributed by atoms with E-state index in [0.717, 1.165) is 50.3 Å². The lowest BCUT2D eigenvalue weighted by Gasteiger charge is -2.38. The van der Waals surface area contributed by atoms with Crippen LogP contribution in [0.2, 0.25) is 0 Å². The van der Waals surface area contributed by atoms with Crippen LogP contribution in [0.3, 0.4) is 0 Å². The first kappa shape index (κ1) is 26.9. The number of carbonyl (C=O) groups excluding carboxylic acids is 2. The lowest BCUT2D eigenvalue weighted by Crippen LogP contribution is -2.47. The van der Waals surface area contributed by atoms with Crippen molar-refractivity contribution in [3.8, 4) is 5.75 Å². The molecule has 8 heteroatoms. The number of benzene rings is 3. The Labute approximate surface area is 234 Å². The molecule has 0 saturated carbocycles. The van der Waals surface area contributed by atoms with Gasteiger partial charge in [-0.3, -0.25) is 9.59 Å². The Bertz CT molecular complexity index is 1460. The van der Waals surface area contributed by atoms with Gasteiger partial charge in [0.15, 0.2) is 5.76 Å². The fourth-order valence-corrected chi connectivity index (χ4v) is 5.06. The van der Waals surface area contributed by atoms with Gasteiger partial charge in [-0.05, 0) is 79.4 Å². The largest absolute Gasteiger partial charge is 0.508 e. The van der Waals surface area contributed by atoms with E-state index in [1.165, 1.54) is 17.5 Å². The van der Waals surface area contributed by atoms with E-state index in [1.807, 2.05) is 18.2 Å². The van der Waals surface area contributed by atoms with Gasteiger partial charge in [-0.1, -0.05) is 30.3 Å². The van der Waals surface area contributed by atoms with Crippen molar-refractivity contribution in [2.24, 2.45) is 0 Å². The summed E-state index contributed by atoms with van der Waals surface area (Å²) in [6.07, 6.45) is 2.94. The Kier molecular flexibility index (Phi) is 8.35. The summed E-state index contributed by atoms with van der Waals surface area (Å²) >= 11 is 0. The molecule has 1 aromatic heterocycles. The molecule has 206 valence electrons. The van der Waals surface area contributed by atoms with Crippen molar-refractivity contribution in [2.75, 3.05) is 47.8 Å². The highest BCUT2D eigenvalue weighted by molar-refractivity contribution is 6.05. The third-order valence-corrected chi connectivity index (χ3v) is 7.17.